The van der Waals surface area contributed by atoms with Crippen LogP contribution in [0.3, 0.4) is 0 Å². The summed E-state index contributed by atoms with van der Waals surface area (Å²) in [6.45, 7) is 9.47. The number of hydrogen-bond donors (Lipinski definition) is 1. The number of benzene rings is 2. The highest BCUT2D eigenvalue weighted by atomic mass is 16.5. The Morgan fingerprint density at radius 1 is 1.22 bits per heavy atom. The summed E-state index contributed by atoms with van der Waals surface area (Å²) in [5.41, 5.74) is 9.81. The van der Waals surface area contributed by atoms with Crippen LogP contribution < -0.4 is 10.5 Å². The molecule has 1 aromatic heterocycles. The van der Waals surface area contributed by atoms with E-state index in [9.17, 15) is 4.79 Å². The van der Waals surface area contributed by atoms with Crippen LogP contribution in [0.5, 0.6) is 5.75 Å². The van der Waals surface area contributed by atoms with Gasteiger partial charge in [-0.25, -0.2) is 0 Å². The summed E-state index contributed by atoms with van der Waals surface area (Å²) < 4.78 is 17.0. The predicted octanol–water partition coefficient (Wildman–Crippen LogP) is 5.35. The van der Waals surface area contributed by atoms with Crippen molar-refractivity contribution in [3.63, 3.8) is 0 Å². The number of nitrogens with zero attached hydrogens (tertiary/aromatic N) is 2. The molecule has 2 aromatic carbocycles. The van der Waals surface area contributed by atoms with E-state index in [-0.39, 0.29) is 18.2 Å². The molecule has 0 radical (unpaired) electrons. The van der Waals surface area contributed by atoms with Crippen molar-refractivity contribution in [2.45, 2.75) is 59.7 Å². The monoisotopic (exact) mass is 435 g/mol. The molecule has 0 spiro atoms. The number of hydrogen-bond acceptors (Lipinski definition) is 7. The zero-order valence-electron chi connectivity index (χ0n) is 19.1. The minimum Gasteiger partial charge on any atom is -0.489 e. The van der Waals surface area contributed by atoms with Crippen LogP contribution in [0.2, 0.25) is 0 Å². The number of carbonyl (C=O) groups excluding carboxylic acids is 1. The molecule has 168 valence electrons. The normalized spacial score (nSPS) is 15.6. The summed E-state index contributed by atoms with van der Waals surface area (Å²) in [5, 5.41) is 4.20. The average Bonchev–Trinajstić information content (AvgIpc) is 3.36. The quantitative estimate of drug-likeness (QED) is 0.426. The van der Waals surface area contributed by atoms with E-state index in [0.29, 0.717) is 23.2 Å². The van der Waals surface area contributed by atoms with Crippen LogP contribution in [0.4, 0.5) is 5.69 Å². The molecule has 0 saturated heterocycles. The van der Waals surface area contributed by atoms with Gasteiger partial charge in [0, 0.05) is 11.1 Å². The number of rotatable bonds is 5. The van der Waals surface area contributed by atoms with E-state index >= 15 is 0 Å². The van der Waals surface area contributed by atoms with E-state index in [2.05, 4.69) is 10.1 Å². The highest BCUT2D eigenvalue weighted by Crippen LogP contribution is 2.40. The molecule has 3 aromatic rings. The van der Waals surface area contributed by atoms with Gasteiger partial charge in [0.2, 0.25) is 5.82 Å². The average molecular weight is 436 g/mol. The lowest BCUT2D eigenvalue weighted by Crippen LogP contribution is -2.24. The van der Waals surface area contributed by atoms with Crippen molar-refractivity contribution in [2.75, 3.05) is 5.73 Å². The van der Waals surface area contributed by atoms with E-state index in [1.54, 1.807) is 6.07 Å². The molecule has 0 fully saturated rings. The molecule has 7 nitrogen and oxygen atoms in total. The molecule has 32 heavy (non-hydrogen) atoms. The van der Waals surface area contributed by atoms with Crippen LogP contribution in [0, 0.1) is 5.41 Å². The Bertz CT molecular complexity index is 1140. The standard InChI is InChI=1S/C25H29N3O4/c1-14(2)30-21-11-9-15(13-19(21)26)23-27-22(28-32-23)18-8-6-7-17-16(18)10-12-20(17)31-24(29)25(3,4)5/h6-9,11,13-14,20H,10,12,26H2,1-5H3/t20-/m1/s1. The van der Waals surface area contributed by atoms with Gasteiger partial charge in [-0.1, -0.05) is 23.4 Å². The minimum atomic E-state index is -0.541. The van der Waals surface area contributed by atoms with Crippen molar-refractivity contribution in [3.8, 4) is 28.6 Å². The van der Waals surface area contributed by atoms with E-state index < -0.39 is 5.41 Å². The molecular formula is C25H29N3O4. The van der Waals surface area contributed by atoms with E-state index in [0.717, 1.165) is 35.1 Å². The summed E-state index contributed by atoms with van der Waals surface area (Å²) >= 11 is 0. The summed E-state index contributed by atoms with van der Waals surface area (Å²) in [5.74, 6) is 1.31. The summed E-state index contributed by atoms with van der Waals surface area (Å²) in [7, 11) is 0. The molecule has 7 heteroatoms. The molecule has 1 aliphatic carbocycles. The zero-order valence-corrected chi connectivity index (χ0v) is 19.1. The van der Waals surface area contributed by atoms with Crippen LogP contribution in [0.1, 0.15) is 58.3 Å². The number of nitrogens with two attached hydrogens (primary N) is 1. The molecular weight excluding hydrogens is 406 g/mol. The highest BCUT2D eigenvalue weighted by Gasteiger charge is 2.32. The Morgan fingerprint density at radius 3 is 2.69 bits per heavy atom. The highest BCUT2D eigenvalue weighted by molar-refractivity contribution is 5.76. The number of fused-ring (bicyclic) bond motifs is 1. The lowest BCUT2D eigenvalue weighted by molar-refractivity contribution is -0.158. The molecule has 2 N–H and O–H groups in total. The van der Waals surface area contributed by atoms with Gasteiger partial charge in [0.15, 0.2) is 0 Å². The minimum absolute atomic E-state index is 0.0323. The number of anilines is 1. The largest absolute Gasteiger partial charge is 0.489 e. The Kier molecular flexibility index (Phi) is 5.67. The van der Waals surface area contributed by atoms with Crippen molar-refractivity contribution in [2.24, 2.45) is 5.41 Å². The Hall–Kier alpha value is -3.35. The molecule has 1 heterocycles. The number of esters is 1. The van der Waals surface area contributed by atoms with E-state index in [1.807, 2.05) is 65.0 Å². The van der Waals surface area contributed by atoms with Crippen molar-refractivity contribution in [1.29, 1.82) is 0 Å². The predicted molar refractivity (Wildman–Crippen MR) is 122 cm³/mol. The fourth-order valence-electron chi connectivity index (χ4n) is 3.75. The zero-order chi connectivity index (χ0) is 23.0. The lowest BCUT2D eigenvalue weighted by atomic mass is 9.97. The number of nitrogen functional groups attached to an aromatic ring is 1. The summed E-state index contributed by atoms with van der Waals surface area (Å²) in [6, 6.07) is 11.3. The number of carbonyl (C=O) groups is 1. The smallest absolute Gasteiger partial charge is 0.311 e. The lowest BCUT2D eigenvalue weighted by Gasteiger charge is -2.21. The first kappa shape index (κ1) is 21.9. The Balaban J connectivity index is 1.60. The topological polar surface area (TPSA) is 100 Å². The van der Waals surface area contributed by atoms with Crippen LogP contribution in [-0.2, 0) is 16.0 Å². The molecule has 0 unspecified atom stereocenters. The second-order valence-corrected chi connectivity index (χ2v) is 9.40. The Morgan fingerprint density at radius 2 is 2.00 bits per heavy atom. The van der Waals surface area contributed by atoms with Crippen LogP contribution in [0.15, 0.2) is 40.9 Å². The van der Waals surface area contributed by atoms with Gasteiger partial charge < -0.3 is 19.7 Å². The maximum atomic E-state index is 12.4. The first-order valence-corrected chi connectivity index (χ1v) is 10.9. The van der Waals surface area contributed by atoms with Gasteiger partial charge in [-0.2, -0.15) is 4.98 Å². The van der Waals surface area contributed by atoms with Crippen LogP contribution in [-0.4, -0.2) is 22.2 Å². The van der Waals surface area contributed by atoms with Crippen LogP contribution >= 0.6 is 0 Å². The molecule has 1 atom stereocenters. The van der Waals surface area contributed by atoms with Crippen molar-refractivity contribution < 1.29 is 18.8 Å². The van der Waals surface area contributed by atoms with Gasteiger partial charge in [-0.15, -0.1) is 0 Å². The third-order valence-electron chi connectivity index (χ3n) is 5.36. The van der Waals surface area contributed by atoms with Crippen molar-refractivity contribution in [1.82, 2.24) is 10.1 Å². The van der Waals surface area contributed by atoms with Gasteiger partial charge in [0.25, 0.3) is 5.89 Å². The SMILES string of the molecule is CC(C)Oc1ccc(-c2nc(-c3cccc4c3CC[C@H]4OC(=O)C(C)(C)C)no2)cc1N. The maximum Gasteiger partial charge on any atom is 0.311 e. The molecule has 0 bridgehead atoms. The van der Waals surface area contributed by atoms with Gasteiger partial charge in [-0.3, -0.25) is 4.79 Å². The Labute approximate surface area is 187 Å². The molecule has 0 amide bonds. The fourth-order valence-corrected chi connectivity index (χ4v) is 3.75. The maximum absolute atomic E-state index is 12.4. The second kappa shape index (κ2) is 8.30. The number of ether oxygens (including phenoxy) is 2. The van der Waals surface area contributed by atoms with Gasteiger partial charge in [0.05, 0.1) is 17.2 Å². The molecule has 0 aliphatic heterocycles. The molecule has 0 saturated carbocycles. The van der Waals surface area contributed by atoms with Gasteiger partial charge in [0.1, 0.15) is 11.9 Å². The molecule has 1 aliphatic rings. The fraction of sp³-hybridized carbons (Fsp3) is 0.400. The molecule has 4 rings (SSSR count). The van der Waals surface area contributed by atoms with Gasteiger partial charge >= 0.3 is 5.97 Å². The summed E-state index contributed by atoms with van der Waals surface area (Å²) in [4.78, 5) is 17.0. The van der Waals surface area contributed by atoms with Crippen molar-refractivity contribution >= 4 is 11.7 Å². The van der Waals surface area contributed by atoms with Crippen LogP contribution in [0.25, 0.3) is 22.8 Å². The summed E-state index contributed by atoms with van der Waals surface area (Å²) in [6.07, 6.45) is 1.31. The second-order valence-electron chi connectivity index (χ2n) is 9.40. The third kappa shape index (κ3) is 4.33. The third-order valence-corrected chi connectivity index (χ3v) is 5.36. The first-order chi connectivity index (χ1) is 15.1. The van der Waals surface area contributed by atoms with Crippen molar-refractivity contribution in [3.05, 3.63) is 47.5 Å². The van der Waals surface area contributed by atoms with E-state index in [4.69, 9.17) is 19.7 Å². The van der Waals surface area contributed by atoms with E-state index in [1.165, 1.54) is 0 Å². The number of aromatic nitrogens is 2. The van der Waals surface area contributed by atoms with Gasteiger partial charge in [-0.05, 0) is 76.8 Å². The first-order valence-electron chi connectivity index (χ1n) is 10.9.